The van der Waals surface area contributed by atoms with Gasteiger partial charge < -0.3 is 15.8 Å². The minimum absolute atomic E-state index is 0.650. The van der Waals surface area contributed by atoms with Gasteiger partial charge in [0.15, 0.2) is 5.13 Å². The Balaban J connectivity index is 2.20. The predicted octanol–water partition coefficient (Wildman–Crippen LogP) is 2.70. The third kappa shape index (κ3) is 2.80. The van der Waals surface area contributed by atoms with E-state index in [2.05, 4.69) is 10.3 Å². The summed E-state index contributed by atoms with van der Waals surface area (Å²) >= 11 is 1.64. The van der Waals surface area contributed by atoms with Crippen LogP contribution in [-0.4, -0.2) is 18.6 Å². The number of hydrogen-bond donors (Lipinski definition) is 2. The zero-order valence-corrected chi connectivity index (χ0v) is 11.4. The summed E-state index contributed by atoms with van der Waals surface area (Å²) in [7, 11) is 1.66. The number of nitrogens with zero attached hydrogens (tertiary/aromatic N) is 1. The molecular formula is C13H17N3OS. The third-order valence-electron chi connectivity index (χ3n) is 2.61. The Morgan fingerprint density at radius 1 is 1.39 bits per heavy atom. The fourth-order valence-corrected chi connectivity index (χ4v) is 2.70. The molecule has 96 valence electrons. The largest absolute Gasteiger partial charge is 0.495 e. The Morgan fingerprint density at radius 2 is 2.17 bits per heavy atom. The van der Waals surface area contributed by atoms with Gasteiger partial charge in [-0.15, -0.1) is 11.3 Å². The van der Waals surface area contributed by atoms with Crippen LogP contribution in [0.5, 0.6) is 5.75 Å². The van der Waals surface area contributed by atoms with Crippen molar-refractivity contribution >= 4 is 22.2 Å². The van der Waals surface area contributed by atoms with Crippen molar-refractivity contribution in [2.24, 2.45) is 5.73 Å². The molecule has 0 aliphatic rings. The molecule has 0 unspecified atom stereocenters. The van der Waals surface area contributed by atoms with Gasteiger partial charge in [-0.3, -0.25) is 0 Å². The normalized spacial score (nSPS) is 10.4. The molecule has 0 fully saturated rings. The van der Waals surface area contributed by atoms with Gasteiger partial charge in [0.2, 0.25) is 0 Å². The standard InChI is InChI=1S/C13H17N3OS/c1-9-12(7-8-14)18-13(15-9)16-10-5-3-4-6-11(10)17-2/h3-6H,7-8,14H2,1-2H3,(H,15,16). The summed E-state index contributed by atoms with van der Waals surface area (Å²) in [4.78, 5) is 5.73. The molecule has 0 amide bonds. The highest BCUT2D eigenvalue weighted by Crippen LogP contribution is 2.30. The van der Waals surface area contributed by atoms with E-state index >= 15 is 0 Å². The molecule has 0 radical (unpaired) electrons. The number of para-hydroxylation sites is 2. The molecule has 2 rings (SSSR count). The summed E-state index contributed by atoms with van der Waals surface area (Å²) in [5.41, 5.74) is 7.54. The molecule has 0 aliphatic heterocycles. The number of anilines is 2. The SMILES string of the molecule is COc1ccccc1Nc1nc(C)c(CCN)s1. The molecule has 1 heterocycles. The van der Waals surface area contributed by atoms with Gasteiger partial charge in [0, 0.05) is 4.88 Å². The van der Waals surface area contributed by atoms with Crippen LogP contribution in [0.15, 0.2) is 24.3 Å². The molecule has 0 bridgehead atoms. The lowest BCUT2D eigenvalue weighted by Crippen LogP contribution is -2.01. The average molecular weight is 263 g/mol. The highest BCUT2D eigenvalue weighted by molar-refractivity contribution is 7.15. The lowest BCUT2D eigenvalue weighted by Gasteiger charge is -2.07. The number of nitrogens with two attached hydrogens (primary N) is 1. The number of thiazole rings is 1. The van der Waals surface area contributed by atoms with Crippen molar-refractivity contribution in [1.82, 2.24) is 4.98 Å². The van der Waals surface area contributed by atoms with E-state index in [1.807, 2.05) is 31.2 Å². The Kier molecular flexibility index (Phi) is 4.17. The van der Waals surface area contributed by atoms with Crippen LogP contribution in [0.2, 0.25) is 0 Å². The third-order valence-corrected chi connectivity index (χ3v) is 3.75. The number of aryl methyl sites for hydroxylation is 1. The average Bonchev–Trinajstić information content (AvgIpc) is 2.71. The summed E-state index contributed by atoms with van der Waals surface area (Å²) < 4.78 is 5.30. The van der Waals surface area contributed by atoms with Crippen LogP contribution >= 0.6 is 11.3 Å². The second kappa shape index (κ2) is 5.84. The van der Waals surface area contributed by atoms with E-state index in [9.17, 15) is 0 Å². The Hall–Kier alpha value is -1.59. The second-order valence-corrected chi connectivity index (χ2v) is 4.98. The summed E-state index contributed by atoms with van der Waals surface area (Å²) in [6.45, 7) is 2.66. The van der Waals surface area contributed by atoms with Gasteiger partial charge >= 0.3 is 0 Å². The number of ether oxygens (including phenoxy) is 1. The van der Waals surface area contributed by atoms with Crippen molar-refractivity contribution in [1.29, 1.82) is 0 Å². The van der Waals surface area contributed by atoms with E-state index in [1.54, 1.807) is 18.4 Å². The minimum Gasteiger partial charge on any atom is -0.495 e. The Bertz CT molecular complexity index is 525. The molecule has 3 N–H and O–H groups in total. The van der Waals surface area contributed by atoms with Gasteiger partial charge in [-0.25, -0.2) is 4.98 Å². The van der Waals surface area contributed by atoms with Crippen molar-refractivity contribution in [2.45, 2.75) is 13.3 Å². The number of rotatable bonds is 5. The summed E-state index contributed by atoms with van der Waals surface area (Å²) in [5.74, 6) is 0.811. The zero-order chi connectivity index (χ0) is 13.0. The molecule has 0 saturated heterocycles. The molecule has 1 aromatic heterocycles. The van der Waals surface area contributed by atoms with E-state index in [0.717, 1.165) is 28.7 Å². The van der Waals surface area contributed by atoms with Crippen LogP contribution in [-0.2, 0) is 6.42 Å². The first-order valence-electron chi connectivity index (χ1n) is 5.81. The molecular weight excluding hydrogens is 246 g/mol. The number of methoxy groups -OCH3 is 1. The van der Waals surface area contributed by atoms with Crippen LogP contribution in [0.1, 0.15) is 10.6 Å². The van der Waals surface area contributed by atoms with Gasteiger partial charge in [-0.05, 0) is 32.0 Å². The van der Waals surface area contributed by atoms with E-state index in [1.165, 1.54) is 4.88 Å². The first-order chi connectivity index (χ1) is 8.74. The van der Waals surface area contributed by atoms with E-state index in [0.29, 0.717) is 6.54 Å². The molecule has 0 saturated carbocycles. The summed E-state index contributed by atoms with van der Waals surface area (Å²) in [5, 5.41) is 4.16. The fraction of sp³-hybridized carbons (Fsp3) is 0.308. The molecule has 0 atom stereocenters. The second-order valence-electron chi connectivity index (χ2n) is 3.89. The van der Waals surface area contributed by atoms with Crippen molar-refractivity contribution in [2.75, 3.05) is 19.0 Å². The fourth-order valence-electron chi connectivity index (χ4n) is 1.71. The molecule has 4 nitrogen and oxygen atoms in total. The van der Waals surface area contributed by atoms with Gasteiger partial charge in [0.1, 0.15) is 5.75 Å². The number of nitrogens with one attached hydrogen (secondary N) is 1. The lowest BCUT2D eigenvalue weighted by atomic mass is 10.3. The molecule has 5 heteroatoms. The van der Waals surface area contributed by atoms with E-state index < -0.39 is 0 Å². The maximum absolute atomic E-state index is 5.58. The van der Waals surface area contributed by atoms with Crippen LogP contribution in [0.3, 0.4) is 0 Å². The highest BCUT2D eigenvalue weighted by Gasteiger charge is 2.08. The maximum Gasteiger partial charge on any atom is 0.187 e. The summed E-state index contributed by atoms with van der Waals surface area (Å²) in [6, 6.07) is 7.80. The number of hydrogen-bond acceptors (Lipinski definition) is 5. The quantitative estimate of drug-likeness (QED) is 0.870. The van der Waals surface area contributed by atoms with Crippen LogP contribution in [0.4, 0.5) is 10.8 Å². The monoisotopic (exact) mass is 263 g/mol. The summed E-state index contributed by atoms with van der Waals surface area (Å²) in [6.07, 6.45) is 0.872. The van der Waals surface area contributed by atoms with Crippen molar-refractivity contribution in [3.8, 4) is 5.75 Å². The van der Waals surface area contributed by atoms with Gasteiger partial charge in [0.25, 0.3) is 0 Å². The van der Waals surface area contributed by atoms with Crippen LogP contribution in [0, 0.1) is 6.92 Å². The predicted molar refractivity (Wildman–Crippen MR) is 75.9 cm³/mol. The Morgan fingerprint density at radius 3 is 2.89 bits per heavy atom. The van der Waals surface area contributed by atoms with Crippen LogP contribution in [0.25, 0.3) is 0 Å². The van der Waals surface area contributed by atoms with Gasteiger partial charge in [0.05, 0.1) is 18.5 Å². The molecule has 18 heavy (non-hydrogen) atoms. The van der Waals surface area contributed by atoms with Crippen molar-refractivity contribution in [3.05, 3.63) is 34.8 Å². The smallest absolute Gasteiger partial charge is 0.187 e. The maximum atomic E-state index is 5.58. The number of aromatic nitrogens is 1. The molecule has 0 aliphatic carbocycles. The van der Waals surface area contributed by atoms with Crippen molar-refractivity contribution < 1.29 is 4.74 Å². The van der Waals surface area contributed by atoms with E-state index in [-0.39, 0.29) is 0 Å². The first kappa shape index (κ1) is 12.9. The highest BCUT2D eigenvalue weighted by atomic mass is 32.1. The number of benzene rings is 1. The van der Waals surface area contributed by atoms with Gasteiger partial charge in [-0.1, -0.05) is 12.1 Å². The molecule has 2 aromatic rings. The first-order valence-corrected chi connectivity index (χ1v) is 6.62. The Labute approximate surface area is 111 Å². The zero-order valence-electron chi connectivity index (χ0n) is 10.6. The van der Waals surface area contributed by atoms with E-state index in [4.69, 9.17) is 10.5 Å². The topological polar surface area (TPSA) is 60.2 Å². The molecule has 0 spiro atoms. The van der Waals surface area contributed by atoms with Crippen molar-refractivity contribution in [3.63, 3.8) is 0 Å². The minimum atomic E-state index is 0.650. The lowest BCUT2D eigenvalue weighted by molar-refractivity contribution is 0.417. The molecule has 1 aromatic carbocycles. The van der Waals surface area contributed by atoms with Gasteiger partial charge in [-0.2, -0.15) is 0 Å². The van der Waals surface area contributed by atoms with Crippen LogP contribution < -0.4 is 15.8 Å².